The first-order valence-electron chi connectivity index (χ1n) is 4.46. The van der Waals surface area contributed by atoms with Crippen LogP contribution in [0.5, 0.6) is 0 Å². The van der Waals surface area contributed by atoms with Gasteiger partial charge in [-0.05, 0) is 18.6 Å². The quantitative estimate of drug-likeness (QED) is 0.690. The Morgan fingerprint density at radius 3 is 2.77 bits per heavy atom. The van der Waals surface area contributed by atoms with Crippen LogP contribution in [0.4, 0.5) is 0 Å². The van der Waals surface area contributed by atoms with Gasteiger partial charge in [-0.2, -0.15) is 0 Å². The Bertz CT molecular complexity index is 283. The summed E-state index contributed by atoms with van der Waals surface area (Å²) in [4.78, 5) is 0. The number of hydrogen-bond donors (Lipinski definition) is 1. The van der Waals surface area contributed by atoms with E-state index < -0.39 is 0 Å². The Morgan fingerprint density at radius 1 is 1.46 bits per heavy atom. The Hall–Kier alpha value is -1.30. The van der Waals surface area contributed by atoms with Crippen molar-refractivity contribution in [2.45, 2.75) is 19.5 Å². The lowest BCUT2D eigenvalue weighted by Gasteiger charge is -2.07. The van der Waals surface area contributed by atoms with Gasteiger partial charge < -0.3 is 5.32 Å². The normalized spacial score (nSPS) is 11.8. The van der Waals surface area contributed by atoms with Gasteiger partial charge in [-0.25, -0.2) is 0 Å². The van der Waals surface area contributed by atoms with Crippen molar-refractivity contribution in [2.24, 2.45) is 0 Å². The molecule has 1 unspecified atom stereocenters. The maximum absolute atomic E-state index is 3.54. The van der Waals surface area contributed by atoms with E-state index in [4.69, 9.17) is 0 Å². The smallest absolute Gasteiger partial charge is 0.0299 e. The van der Waals surface area contributed by atoms with Crippen LogP contribution in [0.25, 0.3) is 0 Å². The van der Waals surface area contributed by atoms with E-state index >= 15 is 0 Å². The predicted octanol–water partition coefficient (Wildman–Crippen LogP) is 2.51. The van der Waals surface area contributed by atoms with Gasteiger partial charge in [-0.3, -0.25) is 0 Å². The molecule has 1 aromatic rings. The molecule has 1 N–H and O–H groups in total. The fraction of sp³-hybridized carbons (Fsp3) is 0.250. The van der Waals surface area contributed by atoms with E-state index in [9.17, 15) is 0 Å². The molecule has 0 aromatic heterocycles. The van der Waals surface area contributed by atoms with Gasteiger partial charge in [0.1, 0.15) is 0 Å². The van der Waals surface area contributed by atoms with Crippen LogP contribution < -0.4 is 5.32 Å². The summed E-state index contributed by atoms with van der Waals surface area (Å²) in [5.41, 5.74) is 4.06. The molecule has 68 valence electrons. The van der Waals surface area contributed by atoms with Crippen molar-refractivity contribution in [1.82, 2.24) is 5.32 Å². The minimum atomic E-state index is 0.331. The summed E-state index contributed by atoms with van der Waals surface area (Å²) < 4.78 is 0. The summed E-state index contributed by atoms with van der Waals surface area (Å²) in [7, 11) is 0. The van der Waals surface area contributed by atoms with E-state index in [1.165, 1.54) is 5.56 Å². The van der Waals surface area contributed by atoms with Crippen molar-refractivity contribution in [1.29, 1.82) is 0 Å². The highest BCUT2D eigenvalue weighted by molar-refractivity contribution is 5.14. The van der Waals surface area contributed by atoms with Crippen LogP contribution in [0.3, 0.4) is 0 Å². The van der Waals surface area contributed by atoms with E-state index in [0.717, 1.165) is 6.54 Å². The van der Waals surface area contributed by atoms with Crippen LogP contribution in [0.15, 0.2) is 48.7 Å². The Labute approximate surface area is 79.8 Å². The van der Waals surface area contributed by atoms with E-state index in [1.807, 2.05) is 24.3 Å². The predicted molar refractivity (Wildman–Crippen MR) is 56.5 cm³/mol. The van der Waals surface area contributed by atoms with E-state index in [1.54, 1.807) is 0 Å². The number of rotatable bonds is 4. The molecule has 0 saturated carbocycles. The molecule has 0 spiro atoms. The molecule has 1 heteroatoms. The molecule has 1 rings (SSSR count). The molecule has 1 nitrogen and oxygen atoms in total. The van der Waals surface area contributed by atoms with Crippen LogP contribution in [-0.2, 0) is 6.54 Å². The molecule has 0 aliphatic heterocycles. The average Bonchev–Trinajstić information content (AvgIpc) is 2.17. The Balaban J connectivity index is 2.39. The molecule has 0 fully saturated rings. The van der Waals surface area contributed by atoms with Crippen LogP contribution >= 0.6 is 0 Å². The number of hydrogen-bond acceptors (Lipinski definition) is 1. The fourth-order valence-electron chi connectivity index (χ4n) is 1.11. The van der Waals surface area contributed by atoms with Gasteiger partial charge in [-0.1, -0.05) is 36.9 Å². The maximum atomic E-state index is 3.54. The molecule has 0 aliphatic rings. The number of nitrogens with one attached hydrogen (secondary N) is 1. The topological polar surface area (TPSA) is 12.0 Å². The number of benzene rings is 1. The SMILES string of the molecule is C=C=CC(C)NCc1ccccc1. The third kappa shape index (κ3) is 3.75. The van der Waals surface area contributed by atoms with Crippen LogP contribution in [0, 0.1) is 0 Å². The summed E-state index contributed by atoms with van der Waals surface area (Å²) in [5.74, 6) is 0. The molecule has 1 aromatic carbocycles. The third-order valence-corrected chi connectivity index (χ3v) is 1.84. The summed E-state index contributed by atoms with van der Waals surface area (Å²) in [6.45, 7) is 6.51. The van der Waals surface area contributed by atoms with Gasteiger partial charge in [0.05, 0.1) is 0 Å². The third-order valence-electron chi connectivity index (χ3n) is 1.84. The van der Waals surface area contributed by atoms with Gasteiger partial charge >= 0.3 is 0 Å². The zero-order chi connectivity index (χ0) is 9.52. The fourth-order valence-corrected chi connectivity index (χ4v) is 1.11. The first kappa shape index (κ1) is 9.79. The zero-order valence-electron chi connectivity index (χ0n) is 7.96. The van der Waals surface area contributed by atoms with Crippen molar-refractivity contribution in [2.75, 3.05) is 0 Å². The summed E-state index contributed by atoms with van der Waals surface area (Å²) >= 11 is 0. The summed E-state index contributed by atoms with van der Waals surface area (Å²) in [6.07, 6.45) is 1.92. The van der Waals surface area contributed by atoms with Gasteiger partial charge in [0.25, 0.3) is 0 Å². The average molecular weight is 173 g/mol. The van der Waals surface area contributed by atoms with Crippen molar-refractivity contribution in [3.05, 3.63) is 54.3 Å². The second kappa shape index (κ2) is 5.36. The lowest BCUT2D eigenvalue weighted by molar-refractivity contribution is 0.634. The zero-order valence-corrected chi connectivity index (χ0v) is 7.96. The molecule has 13 heavy (non-hydrogen) atoms. The Morgan fingerprint density at radius 2 is 2.15 bits per heavy atom. The van der Waals surface area contributed by atoms with E-state index in [-0.39, 0.29) is 0 Å². The molecule has 0 bridgehead atoms. The van der Waals surface area contributed by atoms with E-state index in [2.05, 4.69) is 36.7 Å². The minimum Gasteiger partial charge on any atom is -0.306 e. The molecule has 0 saturated heterocycles. The monoisotopic (exact) mass is 173 g/mol. The second-order valence-electron chi connectivity index (χ2n) is 3.03. The van der Waals surface area contributed by atoms with E-state index in [0.29, 0.717) is 6.04 Å². The molecule has 0 amide bonds. The largest absolute Gasteiger partial charge is 0.306 e. The standard InChI is InChI=1S/C12H15N/c1-3-7-11(2)13-10-12-8-5-4-6-9-12/h4-9,11,13H,1,10H2,2H3. The van der Waals surface area contributed by atoms with Crippen LogP contribution in [-0.4, -0.2) is 6.04 Å². The highest BCUT2D eigenvalue weighted by Crippen LogP contribution is 1.98. The summed E-state index contributed by atoms with van der Waals surface area (Å²) in [5, 5.41) is 3.34. The second-order valence-corrected chi connectivity index (χ2v) is 3.03. The lowest BCUT2D eigenvalue weighted by Crippen LogP contribution is -2.22. The minimum absolute atomic E-state index is 0.331. The summed E-state index contributed by atoms with van der Waals surface area (Å²) in [6, 6.07) is 10.7. The van der Waals surface area contributed by atoms with Gasteiger partial charge in [0, 0.05) is 12.6 Å². The van der Waals surface area contributed by atoms with Crippen molar-refractivity contribution in [3.8, 4) is 0 Å². The van der Waals surface area contributed by atoms with Crippen LogP contribution in [0.1, 0.15) is 12.5 Å². The molecule has 0 aliphatic carbocycles. The molecule has 1 atom stereocenters. The Kier molecular flexibility index (Phi) is 4.04. The first-order chi connectivity index (χ1) is 6.33. The van der Waals surface area contributed by atoms with Crippen molar-refractivity contribution >= 4 is 0 Å². The van der Waals surface area contributed by atoms with Crippen LogP contribution in [0.2, 0.25) is 0 Å². The van der Waals surface area contributed by atoms with Gasteiger partial charge in [0.2, 0.25) is 0 Å². The first-order valence-corrected chi connectivity index (χ1v) is 4.46. The van der Waals surface area contributed by atoms with Gasteiger partial charge in [-0.15, -0.1) is 5.73 Å². The highest BCUT2D eigenvalue weighted by atomic mass is 14.9. The highest BCUT2D eigenvalue weighted by Gasteiger charge is 1.94. The van der Waals surface area contributed by atoms with Crippen molar-refractivity contribution in [3.63, 3.8) is 0 Å². The molecular formula is C12H15N. The molecular weight excluding hydrogens is 158 g/mol. The maximum Gasteiger partial charge on any atom is 0.0299 e. The molecule has 0 radical (unpaired) electrons. The van der Waals surface area contributed by atoms with Gasteiger partial charge in [0.15, 0.2) is 0 Å². The van der Waals surface area contributed by atoms with Crippen molar-refractivity contribution < 1.29 is 0 Å². The molecule has 0 heterocycles. The lowest BCUT2D eigenvalue weighted by atomic mass is 10.2.